The maximum absolute atomic E-state index is 12.3. The van der Waals surface area contributed by atoms with Gasteiger partial charge in [-0.2, -0.15) is 0 Å². The van der Waals surface area contributed by atoms with Gasteiger partial charge in [0.2, 0.25) is 0 Å². The van der Waals surface area contributed by atoms with Crippen molar-refractivity contribution in [2.24, 2.45) is 0 Å². The lowest BCUT2D eigenvalue weighted by molar-refractivity contribution is 0.0915. The van der Waals surface area contributed by atoms with E-state index < -0.39 is 6.04 Å². The van der Waals surface area contributed by atoms with Crippen LogP contribution in [-0.2, 0) is 0 Å². The van der Waals surface area contributed by atoms with E-state index in [0.717, 1.165) is 13.6 Å². The third-order valence-corrected chi connectivity index (χ3v) is 4.30. The molecule has 0 spiro atoms. The van der Waals surface area contributed by atoms with E-state index in [1.54, 1.807) is 6.07 Å². The molecule has 0 aliphatic rings. The zero-order valence-electron chi connectivity index (χ0n) is 10.5. The van der Waals surface area contributed by atoms with E-state index in [4.69, 9.17) is 0 Å². The van der Waals surface area contributed by atoms with Gasteiger partial charge in [0.1, 0.15) is 0 Å². The molecule has 1 amide bonds. The van der Waals surface area contributed by atoms with Crippen LogP contribution >= 0.6 is 38.5 Å². The van der Waals surface area contributed by atoms with Crippen molar-refractivity contribution >= 4 is 44.4 Å². The number of nitrogens with one attached hydrogen (secondary N) is 1. The first-order valence-corrected chi connectivity index (χ1v) is 7.90. The lowest BCUT2D eigenvalue weighted by Crippen LogP contribution is -2.31. The first-order valence-electron chi connectivity index (χ1n) is 6.03. The molecule has 1 atom stereocenters. The van der Waals surface area contributed by atoms with Gasteiger partial charge in [0.05, 0.1) is 18.2 Å². The van der Waals surface area contributed by atoms with Gasteiger partial charge < -0.3 is 10.4 Å². The minimum Gasteiger partial charge on any atom is -0.394 e. The second-order valence-corrected chi connectivity index (χ2v) is 6.32. The Balaban J connectivity index is 2.20. The molecule has 2 aromatic rings. The molecular formula is C15H13BrINO2. The zero-order valence-corrected chi connectivity index (χ0v) is 14.3. The topological polar surface area (TPSA) is 49.3 Å². The van der Waals surface area contributed by atoms with Crippen LogP contribution in [0.2, 0.25) is 0 Å². The highest BCUT2D eigenvalue weighted by molar-refractivity contribution is 14.1. The van der Waals surface area contributed by atoms with Crippen molar-refractivity contribution in [2.45, 2.75) is 6.04 Å². The standard InChI is InChI=1S/C15H13BrINO2/c16-11-6-7-13(17)12(8-11)15(20)18-14(9-19)10-4-2-1-3-5-10/h1-8,14,19H,9H2,(H,18,20). The molecule has 0 radical (unpaired) electrons. The number of rotatable bonds is 4. The van der Waals surface area contributed by atoms with Gasteiger partial charge in [-0.15, -0.1) is 0 Å². The first kappa shape index (κ1) is 15.5. The summed E-state index contributed by atoms with van der Waals surface area (Å²) in [5.41, 5.74) is 1.47. The number of benzene rings is 2. The fourth-order valence-electron chi connectivity index (χ4n) is 1.83. The molecule has 0 fully saturated rings. The summed E-state index contributed by atoms with van der Waals surface area (Å²) in [5, 5.41) is 12.3. The molecule has 0 saturated carbocycles. The normalized spacial score (nSPS) is 11.9. The lowest BCUT2D eigenvalue weighted by Gasteiger charge is -2.17. The van der Waals surface area contributed by atoms with Crippen molar-refractivity contribution in [1.29, 1.82) is 0 Å². The lowest BCUT2D eigenvalue weighted by atomic mass is 10.1. The van der Waals surface area contributed by atoms with Crippen molar-refractivity contribution in [3.8, 4) is 0 Å². The van der Waals surface area contributed by atoms with Gasteiger partial charge in [0, 0.05) is 8.04 Å². The van der Waals surface area contributed by atoms with Gasteiger partial charge in [-0.3, -0.25) is 4.79 Å². The average Bonchev–Trinajstić information content (AvgIpc) is 2.48. The van der Waals surface area contributed by atoms with Crippen LogP contribution in [0.25, 0.3) is 0 Å². The van der Waals surface area contributed by atoms with Crippen LogP contribution in [0.5, 0.6) is 0 Å². The van der Waals surface area contributed by atoms with E-state index in [9.17, 15) is 9.90 Å². The van der Waals surface area contributed by atoms with Crippen LogP contribution in [0, 0.1) is 3.57 Å². The number of carbonyl (C=O) groups is 1. The highest BCUT2D eigenvalue weighted by atomic mass is 127. The van der Waals surface area contributed by atoms with E-state index in [2.05, 4.69) is 43.8 Å². The second kappa shape index (κ2) is 7.19. The van der Waals surface area contributed by atoms with E-state index >= 15 is 0 Å². The Bertz CT molecular complexity index is 604. The third-order valence-electron chi connectivity index (χ3n) is 2.86. The summed E-state index contributed by atoms with van der Waals surface area (Å²) in [6.45, 7) is -0.139. The van der Waals surface area contributed by atoms with Crippen LogP contribution in [0.1, 0.15) is 22.0 Å². The Morgan fingerprint density at radius 1 is 1.25 bits per heavy atom. The smallest absolute Gasteiger partial charge is 0.252 e. The summed E-state index contributed by atoms with van der Waals surface area (Å²) in [7, 11) is 0. The predicted octanol–water partition coefficient (Wildman–Crippen LogP) is 3.52. The van der Waals surface area contributed by atoms with E-state index in [-0.39, 0.29) is 12.5 Å². The van der Waals surface area contributed by atoms with Crippen LogP contribution in [-0.4, -0.2) is 17.6 Å². The minimum atomic E-state index is -0.404. The van der Waals surface area contributed by atoms with Gasteiger partial charge in [-0.05, 0) is 46.4 Å². The Morgan fingerprint density at radius 2 is 1.95 bits per heavy atom. The fraction of sp³-hybridized carbons (Fsp3) is 0.133. The second-order valence-electron chi connectivity index (χ2n) is 4.24. The number of hydrogen-bond acceptors (Lipinski definition) is 2. The van der Waals surface area contributed by atoms with Crippen LogP contribution in [0.3, 0.4) is 0 Å². The fourth-order valence-corrected chi connectivity index (χ4v) is 2.77. The number of carbonyl (C=O) groups excluding carboxylic acids is 1. The van der Waals surface area contributed by atoms with Crippen molar-refractivity contribution < 1.29 is 9.90 Å². The predicted molar refractivity (Wildman–Crippen MR) is 90.6 cm³/mol. The molecule has 2 aromatic carbocycles. The Hall–Kier alpha value is -0.920. The number of hydrogen-bond donors (Lipinski definition) is 2. The first-order chi connectivity index (χ1) is 9.61. The quantitative estimate of drug-likeness (QED) is 0.707. The minimum absolute atomic E-state index is 0.139. The molecule has 0 aliphatic heterocycles. The van der Waals surface area contributed by atoms with Crippen LogP contribution < -0.4 is 5.32 Å². The molecular weight excluding hydrogens is 433 g/mol. The number of aliphatic hydroxyl groups is 1. The zero-order chi connectivity index (χ0) is 14.5. The van der Waals surface area contributed by atoms with Gasteiger partial charge >= 0.3 is 0 Å². The third kappa shape index (κ3) is 3.80. The number of aliphatic hydroxyl groups excluding tert-OH is 1. The molecule has 0 aromatic heterocycles. The van der Waals surface area contributed by atoms with Crippen LogP contribution in [0.4, 0.5) is 0 Å². The van der Waals surface area contributed by atoms with E-state index in [1.807, 2.05) is 42.5 Å². The summed E-state index contributed by atoms with van der Waals surface area (Å²) in [6, 6.07) is 14.6. The number of halogens is 2. The maximum Gasteiger partial charge on any atom is 0.252 e. The SMILES string of the molecule is O=C(NC(CO)c1ccccc1)c1cc(Br)ccc1I. The number of amides is 1. The highest BCUT2D eigenvalue weighted by Gasteiger charge is 2.16. The summed E-state index contributed by atoms with van der Waals surface area (Å²) in [5.74, 6) is -0.196. The van der Waals surface area contributed by atoms with Crippen molar-refractivity contribution in [3.63, 3.8) is 0 Å². The molecule has 2 rings (SSSR count). The molecule has 0 heterocycles. The molecule has 1 unspecified atom stereocenters. The van der Waals surface area contributed by atoms with E-state index in [1.165, 1.54) is 0 Å². The highest BCUT2D eigenvalue weighted by Crippen LogP contribution is 2.20. The van der Waals surface area contributed by atoms with Gasteiger partial charge in [-0.1, -0.05) is 46.3 Å². The summed E-state index contributed by atoms with van der Waals surface area (Å²) < 4.78 is 1.72. The summed E-state index contributed by atoms with van der Waals surface area (Å²) >= 11 is 5.48. The molecule has 0 saturated heterocycles. The Kier molecular flexibility index (Phi) is 5.56. The van der Waals surface area contributed by atoms with Gasteiger partial charge in [0.25, 0.3) is 5.91 Å². The van der Waals surface area contributed by atoms with Crippen molar-refractivity contribution in [3.05, 3.63) is 67.7 Å². The summed E-state index contributed by atoms with van der Waals surface area (Å²) in [6.07, 6.45) is 0. The average molecular weight is 446 g/mol. The van der Waals surface area contributed by atoms with Crippen molar-refractivity contribution in [1.82, 2.24) is 5.32 Å². The Labute approximate surface area is 139 Å². The molecule has 2 N–H and O–H groups in total. The molecule has 20 heavy (non-hydrogen) atoms. The summed E-state index contributed by atoms with van der Waals surface area (Å²) in [4.78, 5) is 12.3. The molecule has 104 valence electrons. The molecule has 5 heteroatoms. The monoisotopic (exact) mass is 445 g/mol. The largest absolute Gasteiger partial charge is 0.394 e. The molecule has 0 bridgehead atoms. The van der Waals surface area contributed by atoms with Gasteiger partial charge in [-0.25, -0.2) is 0 Å². The van der Waals surface area contributed by atoms with E-state index in [0.29, 0.717) is 5.56 Å². The molecule has 3 nitrogen and oxygen atoms in total. The maximum atomic E-state index is 12.3. The van der Waals surface area contributed by atoms with Crippen molar-refractivity contribution in [2.75, 3.05) is 6.61 Å². The molecule has 0 aliphatic carbocycles. The van der Waals surface area contributed by atoms with Gasteiger partial charge in [0.15, 0.2) is 0 Å². The Morgan fingerprint density at radius 3 is 2.60 bits per heavy atom. The van der Waals surface area contributed by atoms with Crippen LogP contribution in [0.15, 0.2) is 53.0 Å².